The molecule has 1 atom stereocenters. The maximum absolute atomic E-state index is 12.1. The van der Waals surface area contributed by atoms with Crippen molar-refractivity contribution in [3.05, 3.63) is 29.8 Å². The standard InChI is InChI=1S/C16H22N4O2/c1-16(11-14(21)19(2)15(17)18-16)12-4-3-5-13(10-12)20-6-8-22-9-7-20/h3-5,10H,6-9,11H2,1-2H3,(H2,17,18)/t16-/m0/s1. The van der Waals surface area contributed by atoms with Gasteiger partial charge in [-0.3, -0.25) is 15.1 Å². The smallest absolute Gasteiger partial charge is 0.231 e. The van der Waals surface area contributed by atoms with Crippen molar-refractivity contribution in [2.45, 2.75) is 18.9 Å². The Morgan fingerprint density at radius 3 is 2.73 bits per heavy atom. The number of nitrogens with one attached hydrogen (secondary N) is 2. The second-order valence-electron chi connectivity index (χ2n) is 6.08. The first-order chi connectivity index (χ1) is 10.5. The van der Waals surface area contributed by atoms with E-state index in [2.05, 4.69) is 22.3 Å². The molecule has 1 aromatic carbocycles. The first-order valence-corrected chi connectivity index (χ1v) is 7.56. The van der Waals surface area contributed by atoms with Crippen molar-refractivity contribution >= 4 is 17.6 Å². The molecule has 2 aliphatic heterocycles. The Morgan fingerprint density at radius 2 is 2.05 bits per heavy atom. The quantitative estimate of drug-likeness (QED) is 0.859. The molecule has 2 N–H and O–H groups in total. The molecule has 0 unspecified atom stereocenters. The second kappa shape index (κ2) is 5.61. The second-order valence-corrected chi connectivity index (χ2v) is 6.08. The number of carbonyl (C=O) groups excluding carboxylic acids is 1. The van der Waals surface area contributed by atoms with Crippen molar-refractivity contribution in [3.8, 4) is 0 Å². The molecular weight excluding hydrogens is 280 g/mol. The maximum atomic E-state index is 12.1. The molecule has 22 heavy (non-hydrogen) atoms. The van der Waals surface area contributed by atoms with Crippen LogP contribution in [0.25, 0.3) is 0 Å². The molecule has 118 valence electrons. The number of carbonyl (C=O) groups is 1. The van der Waals surface area contributed by atoms with Crippen molar-refractivity contribution in [1.29, 1.82) is 5.41 Å². The van der Waals surface area contributed by atoms with E-state index in [4.69, 9.17) is 10.1 Å². The van der Waals surface area contributed by atoms with Crippen LogP contribution in [0.1, 0.15) is 18.9 Å². The van der Waals surface area contributed by atoms with Crippen molar-refractivity contribution in [2.24, 2.45) is 0 Å². The van der Waals surface area contributed by atoms with E-state index < -0.39 is 5.54 Å². The average molecular weight is 302 g/mol. The molecule has 0 bridgehead atoms. The van der Waals surface area contributed by atoms with Crippen molar-refractivity contribution in [3.63, 3.8) is 0 Å². The molecule has 0 aliphatic carbocycles. The van der Waals surface area contributed by atoms with Crippen LogP contribution in [0.3, 0.4) is 0 Å². The number of hydrogen-bond donors (Lipinski definition) is 2. The number of guanidine groups is 1. The van der Waals surface area contributed by atoms with Crippen molar-refractivity contribution < 1.29 is 9.53 Å². The zero-order chi connectivity index (χ0) is 15.7. The summed E-state index contributed by atoms with van der Waals surface area (Å²) in [5.41, 5.74) is 1.63. The minimum atomic E-state index is -0.539. The van der Waals surface area contributed by atoms with Crippen LogP contribution in [0.4, 0.5) is 5.69 Å². The number of benzene rings is 1. The van der Waals surface area contributed by atoms with E-state index in [-0.39, 0.29) is 11.9 Å². The van der Waals surface area contributed by atoms with E-state index in [0.29, 0.717) is 6.42 Å². The van der Waals surface area contributed by atoms with E-state index in [1.807, 2.05) is 19.1 Å². The summed E-state index contributed by atoms with van der Waals surface area (Å²) >= 11 is 0. The van der Waals surface area contributed by atoms with Gasteiger partial charge in [-0.1, -0.05) is 12.1 Å². The highest BCUT2D eigenvalue weighted by atomic mass is 16.5. The third-order valence-electron chi connectivity index (χ3n) is 4.47. The number of ether oxygens (including phenoxy) is 1. The predicted molar refractivity (Wildman–Crippen MR) is 85.1 cm³/mol. The van der Waals surface area contributed by atoms with Gasteiger partial charge in [-0.2, -0.15) is 0 Å². The molecule has 2 aliphatic rings. The van der Waals surface area contributed by atoms with E-state index in [0.717, 1.165) is 37.6 Å². The van der Waals surface area contributed by atoms with Gasteiger partial charge in [0.1, 0.15) is 0 Å². The van der Waals surface area contributed by atoms with Gasteiger partial charge in [0.2, 0.25) is 5.91 Å². The zero-order valence-electron chi connectivity index (χ0n) is 13.1. The van der Waals surface area contributed by atoms with Gasteiger partial charge in [0.25, 0.3) is 0 Å². The van der Waals surface area contributed by atoms with Crippen LogP contribution in [-0.4, -0.2) is 50.1 Å². The van der Waals surface area contributed by atoms with Gasteiger partial charge in [-0.25, -0.2) is 0 Å². The molecule has 1 amide bonds. The molecule has 3 rings (SSSR count). The first kappa shape index (κ1) is 14.8. The van der Waals surface area contributed by atoms with E-state index >= 15 is 0 Å². The Bertz CT molecular complexity index is 578. The van der Waals surface area contributed by atoms with Crippen LogP contribution in [0.15, 0.2) is 24.3 Å². The molecule has 2 saturated heterocycles. The van der Waals surface area contributed by atoms with E-state index in [1.54, 1.807) is 7.05 Å². The van der Waals surface area contributed by atoms with Crippen molar-refractivity contribution in [2.75, 3.05) is 38.3 Å². The van der Waals surface area contributed by atoms with Crippen LogP contribution in [0.5, 0.6) is 0 Å². The topological polar surface area (TPSA) is 68.7 Å². The lowest BCUT2D eigenvalue weighted by molar-refractivity contribution is -0.129. The molecule has 0 aromatic heterocycles. The fraction of sp³-hybridized carbons (Fsp3) is 0.500. The number of nitrogens with zero attached hydrogens (tertiary/aromatic N) is 2. The SMILES string of the molecule is CN1C(=N)N[C@](C)(c2cccc(N3CCOCC3)c2)CC1=O. The van der Waals surface area contributed by atoms with Crippen LogP contribution in [0.2, 0.25) is 0 Å². The van der Waals surface area contributed by atoms with Gasteiger partial charge < -0.3 is 15.0 Å². The summed E-state index contributed by atoms with van der Waals surface area (Å²) in [6.07, 6.45) is 0.346. The minimum absolute atomic E-state index is 0.0389. The lowest BCUT2D eigenvalue weighted by Gasteiger charge is -2.40. The van der Waals surface area contributed by atoms with E-state index in [9.17, 15) is 4.79 Å². The zero-order valence-corrected chi connectivity index (χ0v) is 13.1. The van der Waals surface area contributed by atoms with Crippen LogP contribution >= 0.6 is 0 Å². The molecule has 6 nitrogen and oxygen atoms in total. The Kier molecular flexibility index (Phi) is 3.78. The largest absolute Gasteiger partial charge is 0.378 e. The van der Waals surface area contributed by atoms with Gasteiger partial charge in [0, 0.05) is 25.8 Å². The summed E-state index contributed by atoms with van der Waals surface area (Å²) in [5.74, 6) is 0.110. The molecule has 6 heteroatoms. The molecule has 0 radical (unpaired) electrons. The summed E-state index contributed by atoms with van der Waals surface area (Å²) in [6, 6.07) is 8.23. The van der Waals surface area contributed by atoms with Gasteiger partial charge in [0.05, 0.1) is 25.2 Å². The summed E-state index contributed by atoms with van der Waals surface area (Å²) in [4.78, 5) is 15.7. The first-order valence-electron chi connectivity index (χ1n) is 7.56. The molecule has 0 spiro atoms. The monoisotopic (exact) mass is 302 g/mol. The van der Waals surface area contributed by atoms with Gasteiger partial charge in [0.15, 0.2) is 5.96 Å². The Hall–Kier alpha value is -2.08. The maximum Gasteiger partial charge on any atom is 0.231 e. The third kappa shape index (κ3) is 2.66. The highest BCUT2D eigenvalue weighted by Crippen LogP contribution is 2.31. The number of morpholine rings is 1. The number of amides is 1. The normalized spacial score (nSPS) is 26.1. The van der Waals surface area contributed by atoms with Crippen molar-refractivity contribution in [1.82, 2.24) is 10.2 Å². The Morgan fingerprint density at radius 1 is 1.32 bits per heavy atom. The number of rotatable bonds is 2. The summed E-state index contributed by atoms with van der Waals surface area (Å²) in [7, 11) is 1.63. The Labute approximate surface area is 130 Å². The van der Waals surface area contributed by atoms with E-state index in [1.165, 1.54) is 4.90 Å². The summed E-state index contributed by atoms with van der Waals surface area (Å²) in [5, 5.41) is 11.1. The summed E-state index contributed by atoms with van der Waals surface area (Å²) in [6.45, 7) is 5.22. The average Bonchev–Trinajstić information content (AvgIpc) is 2.53. The highest BCUT2D eigenvalue weighted by Gasteiger charge is 2.38. The number of anilines is 1. The molecule has 2 fully saturated rings. The predicted octanol–water partition coefficient (Wildman–Crippen LogP) is 1.12. The Balaban J connectivity index is 1.87. The lowest BCUT2D eigenvalue weighted by Crippen LogP contribution is -2.58. The van der Waals surface area contributed by atoms with Crippen LogP contribution < -0.4 is 10.2 Å². The fourth-order valence-corrected chi connectivity index (χ4v) is 2.98. The van der Waals surface area contributed by atoms with Gasteiger partial charge in [-0.15, -0.1) is 0 Å². The van der Waals surface area contributed by atoms with Crippen LogP contribution in [-0.2, 0) is 15.1 Å². The summed E-state index contributed by atoms with van der Waals surface area (Å²) < 4.78 is 5.40. The molecule has 0 saturated carbocycles. The number of hydrogen-bond acceptors (Lipinski definition) is 4. The van der Waals surface area contributed by atoms with Gasteiger partial charge in [-0.05, 0) is 24.6 Å². The third-order valence-corrected chi connectivity index (χ3v) is 4.47. The molecular formula is C16H22N4O2. The van der Waals surface area contributed by atoms with Crippen LogP contribution in [0, 0.1) is 5.41 Å². The molecule has 2 heterocycles. The lowest BCUT2D eigenvalue weighted by atomic mass is 9.86. The highest BCUT2D eigenvalue weighted by molar-refractivity contribution is 5.98. The molecule has 1 aromatic rings. The van der Waals surface area contributed by atoms with Gasteiger partial charge >= 0.3 is 0 Å². The fourth-order valence-electron chi connectivity index (χ4n) is 2.98. The minimum Gasteiger partial charge on any atom is -0.378 e.